The van der Waals surface area contributed by atoms with Crippen molar-refractivity contribution in [2.24, 2.45) is 11.3 Å². The summed E-state index contributed by atoms with van der Waals surface area (Å²) < 4.78 is 66.9. The first-order chi connectivity index (χ1) is 15.1. The number of Topliss-reactive ketones (excluding diaryl/α,β-unsaturated/α-hetero) is 1. The third-order valence-electron chi connectivity index (χ3n) is 7.68. The molecule has 0 aromatic carbocycles. The van der Waals surface area contributed by atoms with Crippen LogP contribution in [0.2, 0.25) is 0 Å². The van der Waals surface area contributed by atoms with E-state index in [2.05, 4.69) is 9.97 Å². The SMILES string of the molecule is O=C(CC1(C(F)(F)F)CC1)C1CC(S(=O)(=O)N2CCC(c3c[nH]c4ncccc34)CC2)C1. The van der Waals surface area contributed by atoms with Crippen LogP contribution in [0.4, 0.5) is 13.2 Å². The summed E-state index contributed by atoms with van der Waals surface area (Å²) in [6.07, 6.45) is 0.489. The fourth-order valence-electron chi connectivity index (χ4n) is 5.21. The normalized spacial score (nSPS) is 26.7. The third kappa shape index (κ3) is 3.65. The Kier molecular flexibility index (Phi) is 5.16. The average molecular weight is 470 g/mol. The fraction of sp³-hybridized carbons (Fsp3) is 0.636. The Morgan fingerprint density at radius 1 is 1.22 bits per heavy atom. The van der Waals surface area contributed by atoms with Crippen LogP contribution < -0.4 is 0 Å². The number of sulfonamides is 1. The summed E-state index contributed by atoms with van der Waals surface area (Å²) in [6, 6.07) is 3.89. The quantitative estimate of drug-likeness (QED) is 0.689. The maximum atomic E-state index is 13.1. The maximum absolute atomic E-state index is 13.1. The molecule has 0 amide bonds. The van der Waals surface area contributed by atoms with Crippen molar-refractivity contribution in [3.05, 3.63) is 30.1 Å². The van der Waals surface area contributed by atoms with Gasteiger partial charge in [-0.3, -0.25) is 4.79 Å². The van der Waals surface area contributed by atoms with E-state index in [0.717, 1.165) is 16.6 Å². The van der Waals surface area contributed by atoms with Crippen LogP contribution in [0, 0.1) is 11.3 Å². The van der Waals surface area contributed by atoms with Gasteiger partial charge in [0.2, 0.25) is 10.0 Å². The molecule has 174 valence electrons. The van der Waals surface area contributed by atoms with E-state index < -0.39 is 45.0 Å². The van der Waals surface area contributed by atoms with Crippen LogP contribution in [-0.4, -0.2) is 53.0 Å². The molecule has 0 radical (unpaired) electrons. The van der Waals surface area contributed by atoms with Crippen LogP contribution in [0.15, 0.2) is 24.5 Å². The Hall–Kier alpha value is -1.94. The number of carbonyl (C=O) groups excluding carboxylic acids is 1. The Balaban J connectivity index is 1.16. The number of halogens is 3. The van der Waals surface area contributed by atoms with E-state index in [4.69, 9.17) is 0 Å². The number of alkyl halides is 3. The van der Waals surface area contributed by atoms with Crippen molar-refractivity contribution >= 4 is 26.8 Å². The molecule has 10 heteroatoms. The van der Waals surface area contributed by atoms with Gasteiger partial charge in [-0.2, -0.15) is 13.2 Å². The number of carbonyl (C=O) groups is 1. The molecular formula is C22H26F3N3O3S. The largest absolute Gasteiger partial charge is 0.394 e. The summed E-state index contributed by atoms with van der Waals surface area (Å²) in [5, 5.41) is 0.396. The molecule has 0 atom stereocenters. The summed E-state index contributed by atoms with van der Waals surface area (Å²) in [5.74, 6) is -0.754. The minimum atomic E-state index is -4.36. The molecule has 2 aromatic rings. The summed E-state index contributed by atoms with van der Waals surface area (Å²) >= 11 is 0. The number of nitrogens with zero attached hydrogens (tertiary/aromatic N) is 2. The topological polar surface area (TPSA) is 83.1 Å². The molecule has 2 aromatic heterocycles. The Labute approximate surface area is 184 Å². The van der Waals surface area contributed by atoms with Crippen molar-refractivity contribution in [2.75, 3.05) is 13.1 Å². The molecule has 0 spiro atoms. The van der Waals surface area contributed by atoms with Crippen molar-refractivity contribution < 1.29 is 26.4 Å². The standard InChI is InChI=1S/C22H26F3N3O3S/c23-22(24,25)21(5-6-21)12-19(29)15-10-16(11-15)32(30,31)28-8-3-14(4-9-28)18-13-27-20-17(18)2-1-7-26-20/h1-2,7,13-16H,3-6,8-12H2,(H,26,27). The lowest BCUT2D eigenvalue weighted by atomic mass is 9.78. The number of piperidine rings is 1. The maximum Gasteiger partial charge on any atom is 0.394 e. The molecule has 2 aliphatic carbocycles. The summed E-state index contributed by atoms with van der Waals surface area (Å²) in [6.45, 7) is 0.818. The molecule has 2 saturated carbocycles. The second kappa shape index (κ2) is 7.55. The first-order valence-electron chi connectivity index (χ1n) is 11.1. The van der Waals surface area contributed by atoms with Gasteiger partial charge >= 0.3 is 6.18 Å². The van der Waals surface area contributed by atoms with Gasteiger partial charge in [0.25, 0.3) is 0 Å². The molecule has 32 heavy (non-hydrogen) atoms. The van der Waals surface area contributed by atoms with E-state index in [0.29, 0.717) is 25.9 Å². The van der Waals surface area contributed by atoms with Gasteiger partial charge in [-0.25, -0.2) is 17.7 Å². The van der Waals surface area contributed by atoms with Gasteiger partial charge in [0.1, 0.15) is 11.4 Å². The lowest BCUT2D eigenvalue weighted by Gasteiger charge is -2.40. The third-order valence-corrected chi connectivity index (χ3v) is 9.99. The summed E-state index contributed by atoms with van der Waals surface area (Å²) in [5.41, 5.74) is 0.118. The Bertz CT molecular complexity index is 1130. The number of rotatable bonds is 6. The average Bonchev–Trinajstić information content (AvgIpc) is 3.37. The van der Waals surface area contributed by atoms with E-state index in [9.17, 15) is 26.4 Å². The van der Waals surface area contributed by atoms with E-state index in [1.807, 2.05) is 18.3 Å². The number of hydrogen-bond acceptors (Lipinski definition) is 4. The summed E-state index contributed by atoms with van der Waals surface area (Å²) in [4.78, 5) is 19.8. The van der Waals surface area contributed by atoms with Crippen LogP contribution in [0.5, 0.6) is 0 Å². The van der Waals surface area contributed by atoms with E-state index in [-0.39, 0.29) is 31.6 Å². The van der Waals surface area contributed by atoms with Crippen molar-refractivity contribution in [3.8, 4) is 0 Å². The number of pyridine rings is 1. The molecule has 0 bridgehead atoms. The predicted octanol–water partition coefficient (Wildman–Crippen LogP) is 4.15. The minimum Gasteiger partial charge on any atom is -0.346 e. The molecule has 0 unspecified atom stereocenters. The van der Waals surface area contributed by atoms with Crippen molar-refractivity contribution in [3.63, 3.8) is 0 Å². The van der Waals surface area contributed by atoms with Gasteiger partial charge in [0.05, 0.1) is 10.7 Å². The number of nitrogens with one attached hydrogen (secondary N) is 1. The first kappa shape index (κ1) is 21.9. The molecule has 6 nitrogen and oxygen atoms in total. The number of H-pyrrole nitrogens is 1. The van der Waals surface area contributed by atoms with E-state index in [1.54, 1.807) is 6.20 Å². The number of hydrogen-bond donors (Lipinski definition) is 1. The fourth-order valence-corrected chi connectivity index (χ4v) is 7.30. The summed E-state index contributed by atoms with van der Waals surface area (Å²) in [7, 11) is -3.54. The molecule has 1 saturated heterocycles. The Morgan fingerprint density at radius 3 is 2.53 bits per heavy atom. The zero-order chi connectivity index (χ0) is 22.7. The smallest absolute Gasteiger partial charge is 0.346 e. The lowest BCUT2D eigenvalue weighted by molar-refractivity contribution is -0.191. The van der Waals surface area contributed by atoms with Gasteiger partial charge in [-0.1, -0.05) is 0 Å². The molecular weight excluding hydrogens is 443 g/mol. The van der Waals surface area contributed by atoms with Crippen molar-refractivity contribution in [2.45, 2.75) is 62.3 Å². The highest BCUT2D eigenvalue weighted by atomic mass is 32.2. The number of aromatic nitrogens is 2. The second-order valence-corrected chi connectivity index (χ2v) is 11.8. The highest BCUT2D eigenvalue weighted by Crippen LogP contribution is 2.60. The zero-order valence-corrected chi connectivity index (χ0v) is 18.4. The van der Waals surface area contributed by atoms with Crippen molar-refractivity contribution in [1.29, 1.82) is 0 Å². The monoisotopic (exact) mass is 469 g/mol. The Morgan fingerprint density at radius 2 is 1.91 bits per heavy atom. The van der Waals surface area contributed by atoms with Gasteiger partial charge in [0, 0.05) is 43.2 Å². The van der Waals surface area contributed by atoms with Gasteiger partial charge in [-0.15, -0.1) is 0 Å². The van der Waals surface area contributed by atoms with Crippen LogP contribution in [0.1, 0.15) is 56.4 Å². The highest BCUT2D eigenvalue weighted by molar-refractivity contribution is 7.89. The molecule has 5 rings (SSSR count). The minimum absolute atomic E-state index is 0.00186. The van der Waals surface area contributed by atoms with Gasteiger partial charge in [0.15, 0.2) is 0 Å². The van der Waals surface area contributed by atoms with E-state index in [1.165, 1.54) is 4.31 Å². The van der Waals surface area contributed by atoms with Crippen LogP contribution in [0.3, 0.4) is 0 Å². The highest BCUT2D eigenvalue weighted by Gasteiger charge is 2.64. The molecule has 3 fully saturated rings. The molecule has 3 heterocycles. The van der Waals surface area contributed by atoms with Crippen LogP contribution >= 0.6 is 0 Å². The number of fused-ring (bicyclic) bond motifs is 1. The predicted molar refractivity (Wildman–Crippen MR) is 112 cm³/mol. The number of aromatic amines is 1. The van der Waals surface area contributed by atoms with Gasteiger partial charge < -0.3 is 4.98 Å². The molecule has 1 N–H and O–H groups in total. The van der Waals surface area contributed by atoms with Crippen molar-refractivity contribution in [1.82, 2.24) is 14.3 Å². The van der Waals surface area contributed by atoms with Gasteiger partial charge in [-0.05, 0) is 62.1 Å². The van der Waals surface area contributed by atoms with Crippen LogP contribution in [-0.2, 0) is 14.8 Å². The number of ketones is 1. The zero-order valence-electron chi connectivity index (χ0n) is 17.6. The lowest BCUT2D eigenvalue weighted by Crippen LogP contribution is -2.49. The van der Waals surface area contributed by atoms with E-state index >= 15 is 0 Å². The van der Waals surface area contributed by atoms with Crippen LogP contribution in [0.25, 0.3) is 11.0 Å². The first-order valence-corrected chi connectivity index (χ1v) is 12.6. The molecule has 1 aliphatic heterocycles. The molecule has 3 aliphatic rings. The second-order valence-electron chi connectivity index (χ2n) is 9.57.